The van der Waals surface area contributed by atoms with E-state index in [1.807, 2.05) is 37.3 Å². The van der Waals surface area contributed by atoms with Gasteiger partial charge in [0.2, 0.25) is 6.41 Å². The van der Waals surface area contributed by atoms with E-state index in [9.17, 15) is 19.2 Å². The summed E-state index contributed by atoms with van der Waals surface area (Å²) in [5, 5.41) is 5.96. The molecule has 11 heteroatoms. The Labute approximate surface area is 251 Å². The molecule has 0 saturated carbocycles. The molecule has 3 heterocycles. The Morgan fingerprint density at radius 2 is 1.81 bits per heavy atom. The first-order valence-electron chi connectivity index (χ1n) is 14.4. The average Bonchev–Trinajstić information content (AvgIpc) is 3.43. The van der Waals surface area contributed by atoms with E-state index in [0.29, 0.717) is 22.9 Å². The highest BCUT2D eigenvalue weighted by Gasteiger charge is 2.25. The van der Waals surface area contributed by atoms with Crippen molar-refractivity contribution < 1.29 is 14.4 Å². The highest BCUT2D eigenvalue weighted by Crippen LogP contribution is 2.25. The summed E-state index contributed by atoms with van der Waals surface area (Å²) < 4.78 is 0. The van der Waals surface area contributed by atoms with Crippen molar-refractivity contribution in [3.05, 3.63) is 81.8 Å². The fourth-order valence-corrected chi connectivity index (χ4v) is 4.70. The highest BCUT2D eigenvalue weighted by atomic mass is 16.2. The van der Waals surface area contributed by atoms with Gasteiger partial charge in [0.05, 0.1) is 22.6 Å². The van der Waals surface area contributed by atoms with Crippen LogP contribution in [0.3, 0.4) is 0 Å². The number of hydrogen-bond donors (Lipinski definition) is 5. The summed E-state index contributed by atoms with van der Waals surface area (Å²) in [7, 11) is 1.76. The molecule has 5 rings (SSSR count). The lowest BCUT2D eigenvalue weighted by molar-refractivity contribution is -0.110. The molecule has 43 heavy (non-hydrogen) atoms. The number of imidazole rings is 1. The summed E-state index contributed by atoms with van der Waals surface area (Å²) in [6, 6.07) is 14.8. The van der Waals surface area contributed by atoms with Gasteiger partial charge in [-0.15, -0.1) is 0 Å². The molecule has 6 N–H and O–H groups in total. The summed E-state index contributed by atoms with van der Waals surface area (Å²) in [4.78, 5) is 58.7. The number of aromatic amines is 2. The van der Waals surface area contributed by atoms with Crippen molar-refractivity contribution in [3.63, 3.8) is 0 Å². The minimum atomic E-state index is -0.374. The lowest BCUT2D eigenvalue weighted by Crippen LogP contribution is -2.44. The first kappa shape index (κ1) is 32.7. The summed E-state index contributed by atoms with van der Waals surface area (Å²) in [5.41, 5.74) is 8.78. The second-order valence-corrected chi connectivity index (χ2v) is 10.3. The number of nitrogens with one attached hydrogen (secondary N) is 4. The first-order valence-corrected chi connectivity index (χ1v) is 14.4. The number of amides is 2. The summed E-state index contributed by atoms with van der Waals surface area (Å²) in [6.45, 7) is 7.92. The number of fused-ring (bicyclic) bond motifs is 1. The van der Waals surface area contributed by atoms with Crippen molar-refractivity contribution in [2.24, 2.45) is 0 Å². The van der Waals surface area contributed by atoms with Gasteiger partial charge in [0.15, 0.2) is 6.29 Å². The fourth-order valence-electron chi connectivity index (χ4n) is 4.70. The van der Waals surface area contributed by atoms with Gasteiger partial charge in [0.25, 0.3) is 11.5 Å². The zero-order valence-corrected chi connectivity index (χ0v) is 25.1. The third-order valence-electron chi connectivity index (χ3n) is 7.03. The number of H-pyrrole nitrogens is 2. The van der Waals surface area contributed by atoms with Gasteiger partial charge < -0.3 is 31.2 Å². The Morgan fingerprint density at radius 3 is 2.42 bits per heavy atom. The third-order valence-corrected chi connectivity index (χ3v) is 7.03. The molecule has 1 atom stereocenters. The van der Waals surface area contributed by atoms with Crippen molar-refractivity contribution in [2.75, 3.05) is 25.9 Å². The molecule has 0 spiro atoms. The number of hydrogen-bond acceptors (Lipinski definition) is 7. The van der Waals surface area contributed by atoms with Crippen LogP contribution in [0, 0.1) is 0 Å². The molecule has 1 fully saturated rings. The molecular weight excluding hydrogens is 546 g/mol. The van der Waals surface area contributed by atoms with Gasteiger partial charge in [-0.2, -0.15) is 0 Å². The number of nitrogen functional groups attached to an aromatic ring is 1. The molecule has 2 aromatic carbocycles. The lowest BCUT2D eigenvalue weighted by atomic mass is 10.0. The van der Waals surface area contributed by atoms with Crippen LogP contribution in [-0.2, 0) is 4.79 Å². The zero-order chi connectivity index (χ0) is 31.4. The molecule has 0 bridgehead atoms. The number of aromatic nitrogens is 3. The van der Waals surface area contributed by atoms with Gasteiger partial charge >= 0.3 is 0 Å². The van der Waals surface area contributed by atoms with E-state index in [4.69, 9.17) is 5.73 Å². The molecule has 4 aromatic rings. The SMILES string of the molecule is CC(NC=O)c1ccccc1.CCC.CN(C(=O)c1cc2nc(-c3c(N)cc[nH]c3=O)[nH]c2cc1C=O)C1CCNCC1. The van der Waals surface area contributed by atoms with Crippen LogP contribution in [0.4, 0.5) is 5.69 Å². The van der Waals surface area contributed by atoms with Crippen LogP contribution < -0.4 is 21.9 Å². The Kier molecular flexibility index (Phi) is 12.2. The fraction of sp³-hybridized carbons (Fsp3) is 0.344. The van der Waals surface area contributed by atoms with E-state index in [-0.39, 0.29) is 46.2 Å². The minimum absolute atomic E-state index is 0.105. The van der Waals surface area contributed by atoms with E-state index in [1.54, 1.807) is 30.1 Å². The number of carbonyl (C=O) groups is 3. The molecule has 0 radical (unpaired) electrons. The second-order valence-electron chi connectivity index (χ2n) is 10.3. The molecule has 1 aliphatic rings. The first-order chi connectivity index (χ1) is 20.7. The Balaban J connectivity index is 0.000000301. The monoisotopic (exact) mass is 587 g/mol. The van der Waals surface area contributed by atoms with Crippen LogP contribution in [0.15, 0.2) is 59.5 Å². The number of pyridine rings is 1. The molecular formula is C32H41N7O4. The molecule has 11 nitrogen and oxygen atoms in total. The molecule has 228 valence electrons. The zero-order valence-electron chi connectivity index (χ0n) is 25.1. The van der Waals surface area contributed by atoms with Gasteiger partial charge in [-0.1, -0.05) is 50.6 Å². The highest BCUT2D eigenvalue weighted by molar-refractivity contribution is 6.05. The Bertz CT molecular complexity index is 1560. The number of nitrogens with two attached hydrogens (primary N) is 1. The number of aldehydes is 1. The van der Waals surface area contributed by atoms with Crippen LogP contribution >= 0.6 is 0 Å². The number of rotatable bonds is 7. The molecule has 1 unspecified atom stereocenters. The smallest absolute Gasteiger partial charge is 0.261 e. The summed E-state index contributed by atoms with van der Waals surface area (Å²) in [5.74, 6) is 0.0648. The topological polar surface area (TPSA) is 166 Å². The number of nitrogens with zero attached hydrogens (tertiary/aromatic N) is 2. The summed E-state index contributed by atoms with van der Waals surface area (Å²) in [6.07, 6.45) is 5.82. The van der Waals surface area contributed by atoms with Crippen molar-refractivity contribution in [2.45, 2.75) is 52.1 Å². The summed E-state index contributed by atoms with van der Waals surface area (Å²) >= 11 is 0. The standard InChI is InChI=1S/C20H22N6O3.C9H11NO.C3H8/c1-26(12-2-5-22-6-3-12)20(29)13-9-16-15(8-11(13)10-27)24-18(25-16)17-14(21)4-7-23-19(17)28;1-8(10-7-11)9-5-3-2-4-6-9;1-3-2/h4,7-10,12,22H,2-3,5-6H2,1H3,(H,24,25)(H3,21,23,28);2-8H,1H3,(H,10,11);3H2,1-2H3. The largest absolute Gasteiger partial charge is 0.398 e. The Morgan fingerprint density at radius 1 is 1.14 bits per heavy atom. The van der Waals surface area contributed by atoms with Crippen LogP contribution in [0.25, 0.3) is 22.4 Å². The predicted molar refractivity (Wildman–Crippen MR) is 170 cm³/mol. The van der Waals surface area contributed by atoms with Crippen LogP contribution in [-0.4, -0.2) is 64.6 Å². The van der Waals surface area contributed by atoms with Gasteiger partial charge in [-0.25, -0.2) is 4.98 Å². The molecule has 1 aliphatic heterocycles. The molecule has 1 saturated heterocycles. The minimum Gasteiger partial charge on any atom is -0.398 e. The van der Waals surface area contributed by atoms with Gasteiger partial charge in [-0.3, -0.25) is 19.2 Å². The van der Waals surface area contributed by atoms with E-state index in [1.165, 1.54) is 12.6 Å². The predicted octanol–water partition coefficient (Wildman–Crippen LogP) is 4.05. The van der Waals surface area contributed by atoms with Crippen LogP contribution in [0.1, 0.15) is 72.4 Å². The molecule has 2 amide bonds. The van der Waals surface area contributed by atoms with Crippen LogP contribution in [0.2, 0.25) is 0 Å². The van der Waals surface area contributed by atoms with Crippen molar-refractivity contribution in [1.82, 2.24) is 30.5 Å². The number of benzene rings is 2. The van der Waals surface area contributed by atoms with E-state index >= 15 is 0 Å². The van der Waals surface area contributed by atoms with Gasteiger partial charge in [-0.05, 0) is 56.6 Å². The van der Waals surface area contributed by atoms with E-state index < -0.39 is 0 Å². The van der Waals surface area contributed by atoms with Gasteiger partial charge in [0, 0.05) is 30.5 Å². The normalized spacial score (nSPS) is 13.5. The second kappa shape index (κ2) is 16.0. The van der Waals surface area contributed by atoms with Crippen molar-refractivity contribution >= 4 is 35.3 Å². The van der Waals surface area contributed by atoms with Crippen molar-refractivity contribution in [1.29, 1.82) is 0 Å². The number of anilines is 1. The maximum absolute atomic E-state index is 13.1. The maximum Gasteiger partial charge on any atom is 0.261 e. The number of piperidine rings is 1. The Hall–Kier alpha value is -4.77. The molecule has 0 aliphatic carbocycles. The van der Waals surface area contributed by atoms with E-state index in [0.717, 1.165) is 37.9 Å². The average molecular weight is 588 g/mol. The van der Waals surface area contributed by atoms with Gasteiger partial charge in [0.1, 0.15) is 11.4 Å². The lowest BCUT2D eigenvalue weighted by Gasteiger charge is -2.32. The third kappa shape index (κ3) is 8.39. The van der Waals surface area contributed by atoms with Crippen LogP contribution in [0.5, 0.6) is 0 Å². The maximum atomic E-state index is 13.1. The quantitative estimate of drug-likeness (QED) is 0.203. The van der Waals surface area contributed by atoms with Crippen molar-refractivity contribution in [3.8, 4) is 11.4 Å². The van der Waals surface area contributed by atoms with E-state index in [2.05, 4.69) is 39.4 Å². The molecule has 2 aromatic heterocycles. The number of carbonyl (C=O) groups excluding carboxylic acids is 3.